The molecular formula is C19H13Cl2NO3S2. The summed E-state index contributed by atoms with van der Waals surface area (Å²) >= 11 is 18.5. The van der Waals surface area contributed by atoms with Crippen molar-refractivity contribution in [3.63, 3.8) is 0 Å². The highest BCUT2D eigenvalue weighted by Crippen LogP contribution is 2.33. The predicted molar refractivity (Wildman–Crippen MR) is 114 cm³/mol. The Kier molecular flexibility index (Phi) is 6.22. The van der Waals surface area contributed by atoms with Gasteiger partial charge in [-0.15, -0.1) is 0 Å². The zero-order valence-electron chi connectivity index (χ0n) is 13.8. The van der Waals surface area contributed by atoms with Crippen LogP contribution in [-0.4, -0.2) is 32.7 Å². The number of hydrogen-bond acceptors (Lipinski definition) is 4. The third-order valence-corrected chi connectivity index (χ3v) is 5.62. The summed E-state index contributed by atoms with van der Waals surface area (Å²) in [4.78, 5) is 25.0. The zero-order chi connectivity index (χ0) is 19.6. The molecule has 8 heteroatoms. The molecule has 4 nitrogen and oxygen atoms in total. The average Bonchev–Trinajstić information content (AvgIpc) is 2.86. The summed E-state index contributed by atoms with van der Waals surface area (Å²) in [6.07, 6.45) is 1.60. The third kappa shape index (κ3) is 4.90. The minimum Gasteiger partial charge on any atom is -0.481 e. The van der Waals surface area contributed by atoms with Crippen LogP contribution in [-0.2, 0) is 9.59 Å². The summed E-state index contributed by atoms with van der Waals surface area (Å²) in [6.45, 7) is 0.0679. The summed E-state index contributed by atoms with van der Waals surface area (Å²) in [7, 11) is 0. The van der Waals surface area contributed by atoms with Gasteiger partial charge in [0, 0.05) is 16.6 Å². The monoisotopic (exact) mass is 437 g/mol. The van der Waals surface area contributed by atoms with E-state index in [1.165, 1.54) is 16.7 Å². The SMILES string of the molecule is O=C(O)CCN1C(=O)C(=Cc2cccc(-c3cc(Cl)cc(Cl)c3)c2)SC1=S. The van der Waals surface area contributed by atoms with Crippen molar-refractivity contribution in [2.75, 3.05) is 6.54 Å². The molecule has 0 bridgehead atoms. The van der Waals surface area contributed by atoms with E-state index in [0.29, 0.717) is 19.3 Å². The number of amides is 1. The quantitative estimate of drug-likeness (QED) is 0.505. The smallest absolute Gasteiger partial charge is 0.305 e. The van der Waals surface area contributed by atoms with Gasteiger partial charge in [-0.2, -0.15) is 0 Å². The number of benzene rings is 2. The van der Waals surface area contributed by atoms with Crippen LogP contribution in [0.3, 0.4) is 0 Å². The first-order chi connectivity index (χ1) is 12.8. The zero-order valence-corrected chi connectivity index (χ0v) is 17.0. The first-order valence-corrected chi connectivity index (χ1v) is 9.85. The minimum absolute atomic E-state index is 0.0679. The molecule has 0 atom stereocenters. The number of carboxylic acid groups (broad SMARTS) is 1. The average molecular weight is 438 g/mol. The molecule has 138 valence electrons. The van der Waals surface area contributed by atoms with Crippen molar-refractivity contribution in [3.8, 4) is 11.1 Å². The molecule has 1 heterocycles. The Balaban J connectivity index is 1.86. The number of nitrogens with zero attached hydrogens (tertiary/aromatic N) is 1. The van der Waals surface area contributed by atoms with Crippen LogP contribution in [0.2, 0.25) is 10.0 Å². The molecule has 0 spiro atoms. The molecule has 2 aromatic carbocycles. The van der Waals surface area contributed by atoms with Crippen LogP contribution < -0.4 is 0 Å². The van der Waals surface area contributed by atoms with Crippen LogP contribution in [0.5, 0.6) is 0 Å². The number of halogens is 2. The molecule has 27 heavy (non-hydrogen) atoms. The molecule has 0 aliphatic carbocycles. The summed E-state index contributed by atoms with van der Waals surface area (Å²) in [5, 5.41) is 9.89. The molecule has 1 aliphatic heterocycles. The summed E-state index contributed by atoms with van der Waals surface area (Å²) in [5.74, 6) is -1.25. The van der Waals surface area contributed by atoms with Gasteiger partial charge in [-0.25, -0.2) is 0 Å². The van der Waals surface area contributed by atoms with Crippen LogP contribution in [0.15, 0.2) is 47.4 Å². The highest BCUT2D eigenvalue weighted by atomic mass is 35.5. The predicted octanol–water partition coefficient (Wildman–Crippen LogP) is 5.34. The Bertz CT molecular complexity index is 955. The van der Waals surface area contributed by atoms with E-state index in [2.05, 4.69) is 0 Å². The lowest BCUT2D eigenvalue weighted by Gasteiger charge is -2.12. The normalized spacial score (nSPS) is 15.6. The standard InChI is InChI=1S/C19H13Cl2NO3S2/c20-14-8-13(9-15(21)10-14)12-3-1-2-11(6-12)7-16-18(25)22(19(26)27-16)5-4-17(23)24/h1-3,6-10H,4-5H2,(H,23,24). The Morgan fingerprint density at radius 3 is 2.52 bits per heavy atom. The molecule has 1 saturated heterocycles. The molecule has 0 saturated carbocycles. The van der Waals surface area contributed by atoms with Crippen molar-refractivity contribution in [1.29, 1.82) is 0 Å². The van der Waals surface area contributed by atoms with Crippen molar-refractivity contribution in [2.45, 2.75) is 6.42 Å². The van der Waals surface area contributed by atoms with E-state index in [9.17, 15) is 9.59 Å². The topological polar surface area (TPSA) is 57.6 Å². The fourth-order valence-corrected chi connectivity index (χ4v) is 4.41. The van der Waals surface area contributed by atoms with Gasteiger partial charge in [0.25, 0.3) is 5.91 Å². The summed E-state index contributed by atoms with van der Waals surface area (Å²) in [6, 6.07) is 12.9. The van der Waals surface area contributed by atoms with Gasteiger partial charge in [-0.3, -0.25) is 14.5 Å². The molecule has 0 unspecified atom stereocenters. The van der Waals surface area contributed by atoms with Crippen molar-refractivity contribution >= 4 is 69.5 Å². The summed E-state index contributed by atoms with van der Waals surface area (Å²) < 4.78 is 0.366. The van der Waals surface area contributed by atoms with Crippen molar-refractivity contribution < 1.29 is 14.7 Å². The van der Waals surface area contributed by atoms with Crippen LogP contribution in [0.4, 0.5) is 0 Å². The van der Waals surface area contributed by atoms with Crippen LogP contribution in [0.25, 0.3) is 17.2 Å². The van der Waals surface area contributed by atoms with Crippen molar-refractivity contribution in [3.05, 3.63) is 63.0 Å². The molecule has 1 N–H and O–H groups in total. The number of carbonyl (C=O) groups is 2. The first-order valence-electron chi connectivity index (χ1n) is 7.87. The highest BCUT2D eigenvalue weighted by Gasteiger charge is 2.32. The van der Waals surface area contributed by atoms with E-state index in [0.717, 1.165) is 16.7 Å². The van der Waals surface area contributed by atoms with Gasteiger partial charge in [0.1, 0.15) is 4.32 Å². The molecule has 2 aromatic rings. The van der Waals surface area contributed by atoms with Gasteiger partial charge in [-0.05, 0) is 47.0 Å². The number of aliphatic carboxylic acids is 1. The number of thiocarbonyl (C=S) groups is 1. The van der Waals surface area contributed by atoms with E-state index in [1.807, 2.05) is 36.4 Å². The Hall–Kier alpha value is -1.86. The van der Waals surface area contributed by atoms with Crippen molar-refractivity contribution in [2.24, 2.45) is 0 Å². The fourth-order valence-electron chi connectivity index (χ4n) is 2.58. The van der Waals surface area contributed by atoms with Gasteiger partial charge >= 0.3 is 5.97 Å². The molecular weight excluding hydrogens is 425 g/mol. The lowest BCUT2D eigenvalue weighted by atomic mass is 10.0. The number of thioether (sulfide) groups is 1. The maximum Gasteiger partial charge on any atom is 0.305 e. The largest absolute Gasteiger partial charge is 0.481 e. The second kappa shape index (κ2) is 8.44. The van der Waals surface area contributed by atoms with Crippen LogP contribution >= 0.6 is 47.2 Å². The first kappa shape index (κ1) is 19.9. The van der Waals surface area contributed by atoms with Gasteiger partial charge < -0.3 is 5.11 Å². The summed E-state index contributed by atoms with van der Waals surface area (Å²) in [5.41, 5.74) is 2.61. The lowest BCUT2D eigenvalue weighted by Crippen LogP contribution is -2.30. The van der Waals surface area contributed by atoms with Gasteiger partial charge in [0.2, 0.25) is 0 Å². The van der Waals surface area contributed by atoms with Crippen molar-refractivity contribution in [1.82, 2.24) is 4.90 Å². The molecule has 0 aromatic heterocycles. The van der Waals surface area contributed by atoms with E-state index in [-0.39, 0.29) is 18.9 Å². The lowest BCUT2D eigenvalue weighted by molar-refractivity contribution is -0.137. The van der Waals surface area contributed by atoms with Gasteiger partial charge in [0.05, 0.1) is 11.3 Å². The Morgan fingerprint density at radius 2 is 1.85 bits per heavy atom. The van der Waals surface area contributed by atoms with Gasteiger partial charge in [0.15, 0.2) is 0 Å². The van der Waals surface area contributed by atoms with E-state index >= 15 is 0 Å². The number of rotatable bonds is 5. The fraction of sp³-hybridized carbons (Fsp3) is 0.105. The van der Waals surface area contributed by atoms with Crippen LogP contribution in [0.1, 0.15) is 12.0 Å². The second-order valence-electron chi connectivity index (χ2n) is 5.76. The van der Waals surface area contributed by atoms with E-state index < -0.39 is 5.97 Å². The van der Waals surface area contributed by atoms with E-state index in [1.54, 1.807) is 12.1 Å². The second-order valence-corrected chi connectivity index (χ2v) is 8.31. The third-order valence-electron chi connectivity index (χ3n) is 3.80. The Morgan fingerprint density at radius 1 is 1.15 bits per heavy atom. The molecule has 0 radical (unpaired) electrons. The number of carboxylic acids is 1. The molecule has 1 aliphatic rings. The maximum atomic E-state index is 12.5. The minimum atomic E-state index is -0.971. The van der Waals surface area contributed by atoms with E-state index in [4.69, 9.17) is 40.5 Å². The highest BCUT2D eigenvalue weighted by molar-refractivity contribution is 8.26. The Labute approximate surface area is 175 Å². The molecule has 1 amide bonds. The number of carbonyl (C=O) groups excluding carboxylic acids is 1. The molecule has 1 fully saturated rings. The van der Waals surface area contributed by atoms with Crippen LogP contribution in [0, 0.1) is 0 Å². The molecule has 3 rings (SSSR count). The number of hydrogen-bond donors (Lipinski definition) is 1. The van der Waals surface area contributed by atoms with Gasteiger partial charge in [-0.1, -0.05) is 65.4 Å². The maximum absolute atomic E-state index is 12.5.